The first-order valence-corrected chi connectivity index (χ1v) is 19.2. The molecule has 1 heteroatoms. The number of allylic oxidation sites excluding steroid dienone is 1. The minimum atomic E-state index is -0.0679. The monoisotopic (exact) mass is 689 g/mol. The Hall–Kier alpha value is -6.44. The second-order valence-electron chi connectivity index (χ2n) is 15.6. The molecular weight excluding hydrogens is 651 g/mol. The first-order chi connectivity index (χ1) is 26.6. The Labute approximate surface area is 316 Å². The summed E-state index contributed by atoms with van der Waals surface area (Å²) in [5.41, 5.74) is 19.6. The molecule has 9 aromatic rings. The van der Waals surface area contributed by atoms with Crippen molar-refractivity contribution in [1.82, 2.24) is 4.57 Å². The summed E-state index contributed by atoms with van der Waals surface area (Å²) in [5.74, 6) is 0. The van der Waals surface area contributed by atoms with Crippen molar-refractivity contribution < 1.29 is 0 Å². The molecule has 0 bridgehead atoms. The normalized spacial score (nSPS) is 14.0. The van der Waals surface area contributed by atoms with E-state index < -0.39 is 0 Å². The van der Waals surface area contributed by atoms with E-state index in [0.717, 1.165) is 12.8 Å². The van der Waals surface area contributed by atoms with E-state index in [1.807, 2.05) is 0 Å². The predicted molar refractivity (Wildman–Crippen MR) is 230 cm³/mol. The fraction of sp³-hybridized carbons (Fsp3) is 0.0943. The van der Waals surface area contributed by atoms with Gasteiger partial charge >= 0.3 is 0 Å². The minimum absolute atomic E-state index is 0.0679. The van der Waals surface area contributed by atoms with E-state index in [4.69, 9.17) is 0 Å². The fourth-order valence-corrected chi connectivity index (χ4v) is 9.73. The predicted octanol–water partition coefficient (Wildman–Crippen LogP) is 14.2. The lowest BCUT2D eigenvalue weighted by Crippen LogP contribution is -2.14. The van der Waals surface area contributed by atoms with Crippen LogP contribution in [0, 0.1) is 0 Å². The van der Waals surface area contributed by atoms with Crippen molar-refractivity contribution in [3.8, 4) is 50.2 Å². The molecule has 1 aromatic heterocycles. The van der Waals surface area contributed by atoms with Gasteiger partial charge in [-0.05, 0) is 133 Å². The molecule has 0 aliphatic heterocycles. The van der Waals surface area contributed by atoms with Crippen LogP contribution < -0.4 is 0 Å². The number of rotatable bonds is 4. The van der Waals surface area contributed by atoms with Gasteiger partial charge in [-0.3, -0.25) is 0 Å². The highest BCUT2D eigenvalue weighted by Crippen LogP contribution is 2.51. The maximum atomic E-state index is 2.47. The molecular formula is C53H39N. The number of hydrogen-bond acceptors (Lipinski definition) is 0. The lowest BCUT2D eigenvalue weighted by molar-refractivity contribution is 0.661. The summed E-state index contributed by atoms with van der Waals surface area (Å²) < 4.78 is 2.46. The lowest BCUT2D eigenvalue weighted by atomic mass is 9.80. The van der Waals surface area contributed by atoms with E-state index in [0.29, 0.717) is 0 Å². The van der Waals surface area contributed by atoms with Gasteiger partial charge in [0.1, 0.15) is 0 Å². The molecule has 0 saturated carbocycles. The van der Waals surface area contributed by atoms with Crippen LogP contribution in [0.4, 0.5) is 0 Å². The molecule has 0 unspecified atom stereocenters. The van der Waals surface area contributed by atoms with Gasteiger partial charge in [0.25, 0.3) is 0 Å². The molecule has 2 aliphatic rings. The highest BCUT2D eigenvalue weighted by molar-refractivity contribution is 6.13. The van der Waals surface area contributed by atoms with Gasteiger partial charge in [-0.2, -0.15) is 0 Å². The highest BCUT2D eigenvalue weighted by Gasteiger charge is 2.36. The van der Waals surface area contributed by atoms with Gasteiger partial charge in [0.05, 0.1) is 11.0 Å². The van der Waals surface area contributed by atoms with E-state index in [-0.39, 0.29) is 5.41 Å². The molecule has 1 nitrogen and oxygen atoms in total. The smallest absolute Gasteiger partial charge is 0.0544 e. The molecule has 0 radical (unpaired) electrons. The summed E-state index contributed by atoms with van der Waals surface area (Å²) >= 11 is 0. The van der Waals surface area contributed by atoms with Crippen LogP contribution in [0.3, 0.4) is 0 Å². The third kappa shape index (κ3) is 4.51. The van der Waals surface area contributed by atoms with Gasteiger partial charge in [-0.1, -0.05) is 147 Å². The van der Waals surface area contributed by atoms with Crippen molar-refractivity contribution in [1.29, 1.82) is 0 Å². The molecule has 0 fully saturated rings. The molecule has 0 spiro atoms. The number of benzene rings is 8. The molecule has 0 amide bonds. The molecule has 1 heterocycles. The van der Waals surface area contributed by atoms with E-state index in [1.165, 1.54) is 105 Å². The van der Waals surface area contributed by atoms with E-state index in [1.54, 1.807) is 0 Å². The maximum absolute atomic E-state index is 2.47. The van der Waals surface area contributed by atoms with E-state index in [9.17, 15) is 0 Å². The summed E-state index contributed by atoms with van der Waals surface area (Å²) in [7, 11) is 0. The lowest BCUT2D eigenvalue weighted by Gasteiger charge is -2.24. The Kier molecular flexibility index (Phi) is 6.79. The Balaban J connectivity index is 1.13. The Bertz CT molecular complexity index is 2990. The summed E-state index contributed by atoms with van der Waals surface area (Å²) in [6.45, 7) is 4.74. The summed E-state index contributed by atoms with van der Waals surface area (Å²) in [5, 5.41) is 5.20. The second-order valence-corrected chi connectivity index (χ2v) is 15.6. The van der Waals surface area contributed by atoms with Gasteiger partial charge in [0.2, 0.25) is 0 Å². The minimum Gasteiger partial charge on any atom is -0.309 e. The third-order valence-corrected chi connectivity index (χ3v) is 12.2. The summed E-state index contributed by atoms with van der Waals surface area (Å²) in [6, 6.07) is 61.0. The van der Waals surface area contributed by atoms with Crippen molar-refractivity contribution in [3.63, 3.8) is 0 Å². The SMILES string of the molecule is CC1(C)c2ccccc2-c2cc3c4cc(-c5cccc(-c6c7c(c(-c8ccccc8)c8ccccc68)CCC=C7)c5)ccc4n(-c4ccccc4)c3cc21. The largest absolute Gasteiger partial charge is 0.309 e. The maximum Gasteiger partial charge on any atom is 0.0544 e. The molecule has 54 heavy (non-hydrogen) atoms. The molecule has 2 aliphatic carbocycles. The average Bonchev–Trinajstić information content (AvgIpc) is 3.67. The Morgan fingerprint density at radius 1 is 0.463 bits per heavy atom. The van der Waals surface area contributed by atoms with Crippen LogP contribution in [-0.4, -0.2) is 4.57 Å². The number of hydrogen-bond donors (Lipinski definition) is 0. The van der Waals surface area contributed by atoms with Crippen molar-refractivity contribution in [2.45, 2.75) is 32.1 Å². The van der Waals surface area contributed by atoms with Crippen LogP contribution >= 0.6 is 0 Å². The summed E-state index contributed by atoms with van der Waals surface area (Å²) in [6.07, 6.45) is 6.84. The zero-order valence-corrected chi connectivity index (χ0v) is 30.6. The standard InChI is InChI=1S/C53H39N/c1-53(2)47-27-14-13-22-39(47)44-32-46-45-31-36(28-29-49(45)54(50(46)33-48(44)53)38-20-7-4-8-21-38)35-18-15-19-37(30-35)52-42-25-11-9-23-40(42)51(34-16-5-3-6-17-34)41-24-10-12-26-43(41)52/h3-9,11-23,25-33H,10,24H2,1-2H3. The van der Waals surface area contributed by atoms with Crippen molar-refractivity contribution in [2.75, 3.05) is 0 Å². The molecule has 256 valence electrons. The molecule has 0 saturated heterocycles. The molecule has 0 N–H and O–H groups in total. The van der Waals surface area contributed by atoms with Gasteiger partial charge < -0.3 is 4.57 Å². The van der Waals surface area contributed by atoms with Crippen LogP contribution in [0.5, 0.6) is 0 Å². The Morgan fingerprint density at radius 3 is 1.96 bits per heavy atom. The molecule has 11 rings (SSSR count). The van der Waals surface area contributed by atoms with Gasteiger partial charge in [-0.25, -0.2) is 0 Å². The van der Waals surface area contributed by atoms with Crippen LogP contribution in [-0.2, 0) is 11.8 Å². The van der Waals surface area contributed by atoms with Crippen molar-refractivity contribution in [2.24, 2.45) is 0 Å². The van der Waals surface area contributed by atoms with Crippen LogP contribution in [0.15, 0.2) is 170 Å². The van der Waals surface area contributed by atoms with Gasteiger partial charge in [0, 0.05) is 21.9 Å². The van der Waals surface area contributed by atoms with Crippen LogP contribution in [0.2, 0.25) is 0 Å². The number of para-hydroxylation sites is 1. The quantitative estimate of drug-likeness (QED) is 0.173. The fourth-order valence-electron chi connectivity index (χ4n) is 9.73. The van der Waals surface area contributed by atoms with Gasteiger partial charge in [0.15, 0.2) is 0 Å². The highest BCUT2D eigenvalue weighted by atomic mass is 15.0. The van der Waals surface area contributed by atoms with E-state index >= 15 is 0 Å². The second kappa shape index (κ2) is 11.8. The van der Waals surface area contributed by atoms with Gasteiger partial charge in [-0.15, -0.1) is 0 Å². The first-order valence-electron chi connectivity index (χ1n) is 19.2. The topological polar surface area (TPSA) is 4.93 Å². The van der Waals surface area contributed by atoms with Crippen molar-refractivity contribution in [3.05, 3.63) is 192 Å². The molecule has 0 atom stereocenters. The number of nitrogens with zero attached hydrogens (tertiary/aromatic N) is 1. The van der Waals surface area contributed by atoms with Crippen LogP contribution in [0.25, 0.3) is 88.8 Å². The third-order valence-electron chi connectivity index (χ3n) is 12.2. The van der Waals surface area contributed by atoms with Crippen molar-refractivity contribution >= 4 is 38.7 Å². The number of aromatic nitrogens is 1. The first kappa shape index (κ1) is 31.1. The average molecular weight is 690 g/mol. The Morgan fingerprint density at radius 2 is 1.13 bits per heavy atom. The van der Waals surface area contributed by atoms with E-state index in [2.05, 4.69) is 194 Å². The molecule has 8 aromatic carbocycles. The summed E-state index contributed by atoms with van der Waals surface area (Å²) in [4.78, 5) is 0. The zero-order valence-electron chi connectivity index (χ0n) is 30.6. The number of fused-ring (bicyclic) bond motifs is 8. The van der Waals surface area contributed by atoms with Crippen LogP contribution in [0.1, 0.15) is 42.5 Å². The zero-order chi connectivity index (χ0) is 36.0.